The van der Waals surface area contributed by atoms with Crippen LogP contribution in [0.1, 0.15) is 78.6 Å². The van der Waals surface area contributed by atoms with Gasteiger partial charge in [-0.1, -0.05) is 65.0 Å². The van der Waals surface area contributed by atoms with Crippen molar-refractivity contribution in [2.24, 2.45) is 23.2 Å². The number of nitrogens with one attached hydrogen (secondary N) is 1. The van der Waals surface area contributed by atoms with Crippen LogP contribution in [-0.4, -0.2) is 48.4 Å². The van der Waals surface area contributed by atoms with Gasteiger partial charge in [-0.15, -0.1) is 0 Å². The van der Waals surface area contributed by atoms with E-state index in [0.29, 0.717) is 31.2 Å². The van der Waals surface area contributed by atoms with E-state index >= 15 is 0 Å². The van der Waals surface area contributed by atoms with Crippen molar-refractivity contribution < 1.29 is 19.1 Å². The fourth-order valence-electron chi connectivity index (χ4n) is 5.30. The van der Waals surface area contributed by atoms with Crippen molar-refractivity contribution in [2.75, 3.05) is 13.7 Å². The molecule has 3 fully saturated rings. The van der Waals surface area contributed by atoms with Crippen molar-refractivity contribution in [3.8, 4) is 0 Å². The summed E-state index contributed by atoms with van der Waals surface area (Å²) in [6, 6.07) is -1.35. The number of amides is 2. The van der Waals surface area contributed by atoms with Crippen LogP contribution in [-0.2, 0) is 19.1 Å². The van der Waals surface area contributed by atoms with E-state index in [4.69, 9.17) is 4.74 Å². The van der Waals surface area contributed by atoms with Crippen molar-refractivity contribution in [3.63, 3.8) is 0 Å². The fourth-order valence-corrected chi connectivity index (χ4v) is 5.30. The summed E-state index contributed by atoms with van der Waals surface area (Å²) in [6.07, 6.45) is 9.65. The van der Waals surface area contributed by atoms with Crippen LogP contribution in [0.2, 0.25) is 0 Å². The topological polar surface area (TPSA) is 75.7 Å². The van der Waals surface area contributed by atoms with Gasteiger partial charge in [0.05, 0.1) is 7.11 Å². The normalized spacial score (nSPS) is 27.7. The minimum atomic E-state index is -0.691. The first-order chi connectivity index (χ1) is 14.6. The minimum absolute atomic E-state index is 0.0476. The maximum Gasteiger partial charge on any atom is 0.328 e. The van der Waals surface area contributed by atoms with Gasteiger partial charge >= 0.3 is 5.97 Å². The fraction of sp³-hybridized carbons (Fsp3) is 0.800. The molecule has 31 heavy (non-hydrogen) atoms. The Morgan fingerprint density at radius 2 is 1.77 bits per heavy atom. The molecule has 0 aromatic rings. The van der Waals surface area contributed by atoms with E-state index in [2.05, 4.69) is 11.9 Å². The van der Waals surface area contributed by atoms with Crippen molar-refractivity contribution in [1.29, 1.82) is 0 Å². The molecule has 4 atom stereocenters. The number of hydrogen-bond donors (Lipinski definition) is 1. The number of methoxy groups -OCH3 is 1. The maximum atomic E-state index is 13.5. The van der Waals surface area contributed by atoms with Gasteiger partial charge in [0.2, 0.25) is 11.8 Å². The Labute approximate surface area is 187 Å². The van der Waals surface area contributed by atoms with Crippen molar-refractivity contribution >= 4 is 17.8 Å². The second-order valence-electron chi connectivity index (χ2n) is 11.0. The molecule has 1 saturated heterocycles. The predicted octanol–water partition coefficient (Wildman–Crippen LogP) is 3.84. The Hall–Kier alpha value is -1.85. The molecule has 0 radical (unpaired) electrons. The van der Waals surface area contributed by atoms with Gasteiger partial charge < -0.3 is 15.0 Å². The molecule has 2 amide bonds. The van der Waals surface area contributed by atoms with Crippen LogP contribution in [0.15, 0.2) is 12.2 Å². The van der Waals surface area contributed by atoms with Crippen LogP contribution >= 0.6 is 0 Å². The van der Waals surface area contributed by atoms with Crippen LogP contribution in [0.3, 0.4) is 0 Å². The summed E-state index contributed by atoms with van der Waals surface area (Å²) in [5.41, 5.74) is 0.352. The van der Waals surface area contributed by atoms with E-state index in [9.17, 15) is 14.4 Å². The third-order valence-corrected chi connectivity index (χ3v) is 7.27. The molecule has 2 unspecified atom stereocenters. The number of hydrogen-bond acceptors (Lipinski definition) is 4. The lowest BCUT2D eigenvalue weighted by Crippen LogP contribution is -2.57. The van der Waals surface area contributed by atoms with Gasteiger partial charge in [0, 0.05) is 19.4 Å². The van der Waals surface area contributed by atoms with Gasteiger partial charge in [0.25, 0.3) is 0 Å². The van der Waals surface area contributed by atoms with E-state index in [1.807, 2.05) is 20.8 Å². The smallest absolute Gasteiger partial charge is 0.328 e. The van der Waals surface area contributed by atoms with Gasteiger partial charge in [0.1, 0.15) is 12.1 Å². The van der Waals surface area contributed by atoms with Crippen LogP contribution in [0.25, 0.3) is 0 Å². The third-order valence-electron chi connectivity index (χ3n) is 7.27. The first-order valence-corrected chi connectivity index (χ1v) is 11.9. The van der Waals surface area contributed by atoms with Crippen LogP contribution in [0, 0.1) is 23.2 Å². The summed E-state index contributed by atoms with van der Waals surface area (Å²) >= 11 is 0. The Morgan fingerprint density at radius 1 is 1.13 bits per heavy atom. The molecule has 2 aliphatic carbocycles. The second-order valence-corrected chi connectivity index (χ2v) is 11.0. The first-order valence-electron chi connectivity index (χ1n) is 11.9. The number of esters is 1. The Balaban J connectivity index is 1.67. The predicted molar refractivity (Wildman–Crippen MR) is 120 cm³/mol. The number of likely N-dealkylation sites (tertiary alicyclic amines) is 1. The summed E-state index contributed by atoms with van der Waals surface area (Å²) < 4.78 is 4.90. The van der Waals surface area contributed by atoms with Crippen molar-refractivity contribution in [1.82, 2.24) is 10.2 Å². The molecular formula is C25H40N2O4. The Bertz CT molecular complexity index is 707. The average Bonchev–Trinajstić information content (AvgIpc) is 3.44. The lowest BCUT2D eigenvalue weighted by Gasteiger charge is -2.36. The highest BCUT2D eigenvalue weighted by Gasteiger charge is 2.43. The van der Waals surface area contributed by atoms with Gasteiger partial charge in [-0.3, -0.25) is 9.59 Å². The Kier molecular flexibility index (Phi) is 7.48. The number of carbonyl (C=O) groups excluding carboxylic acids is 3. The minimum Gasteiger partial charge on any atom is -0.467 e. The SMILES string of the molecule is C=C1C[C@@H](C(=O)OC)N(C(=O)[C@@H](NC(=O)CC2CCCCC2CC2CC2)C(C)(C)C)C1. The van der Waals surface area contributed by atoms with E-state index in [0.717, 1.165) is 17.9 Å². The average molecular weight is 433 g/mol. The first kappa shape index (κ1) is 23.8. The molecular weight excluding hydrogens is 392 g/mol. The third kappa shape index (κ3) is 6.11. The van der Waals surface area contributed by atoms with Crippen molar-refractivity contribution in [2.45, 2.75) is 90.6 Å². The quantitative estimate of drug-likeness (QED) is 0.490. The molecule has 0 bridgehead atoms. The number of rotatable bonds is 7. The molecule has 1 heterocycles. The maximum absolute atomic E-state index is 13.5. The van der Waals surface area contributed by atoms with E-state index in [1.165, 1.54) is 50.5 Å². The van der Waals surface area contributed by atoms with E-state index in [1.54, 1.807) is 0 Å². The highest BCUT2D eigenvalue weighted by atomic mass is 16.5. The largest absolute Gasteiger partial charge is 0.467 e. The van der Waals surface area contributed by atoms with Gasteiger partial charge in [-0.05, 0) is 36.0 Å². The number of nitrogens with zero attached hydrogens (tertiary/aromatic N) is 1. The van der Waals surface area contributed by atoms with Crippen LogP contribution in [0.4, 0.5) is 0 Å². The highest BCUT2D eigenvalue weighted by Crippen LogP contribution is 2.43. The highest BCUT2D eigenvalue weighted by molar-refractivity contribution is 5.92. The second kappa shape index (κ2) is 9.74. The monoisotopic (exact) mass is 432 g/mol. The molecule has 0 aromatic carbocycles. The zero-order valence-electron chi connectivity index (χ0n) is 19.7. The van der Waals surface area contributed by atoms with Crippen molar-refractivity contribution in [3.05, 3.63) is 12.2 Å². The molecule has 6 nitrogen and oxygen atoms in total. The molecule has 1 aliphatic heterocycles. The summed E-state index contributed by atoms with van der Waals surface area (Å²) in [5.74, 6) is 1.22. The summed E-state index contributed by atoms with van der Waals surface area (Å²) in [4.78, 5) is 40.3. The lowest BCUT2D eigenvalue weighted by atomic mass is 9.74. The van der Waals surface area contributed by atoms with Crippen LogP contribution in [0.5, 0.6) is 0 Å². The van der Waals surface area contributed by atoms with E-state index < -0.39 is 23.5 Å². The summed E-state index contributed by atoms with van der Waals surface area (Å²) in [6.45, 7) is 10.1. The van der Waals surface area contributed by atoms with E-state index in [-0.39, 0.29) is 11.8 Å². The molecule has 2 saturated carbocycles. The molecule has 0 aromatic heterocycles. The summed E-state index contributed by atoms with van der Waals surface area (Å²) in [5, 5.41) is 3.05. The Morgan fingerprint density at radius 3 is 2.35 bits per heavy atom. The molecule has 174 valence electrons. The number of ether oxygens (including phenoxy) is 1. The van der Waals surface area contributed by atoms with Gasteiger partial charge in [0.15, 0.2) is 0 Å². The van der Waals surface area contributed by atoms with Gasteiger partial charge in [-0.2, -0.15) is 0 Å². The zero-order valence-corrected chi connectivity index (χ0v) is 19.7. The molecule has 0 spiro atoms. The zero-order chi connectivity index (χ0) is 22.8. The van der Waals surface area contributed by atoms with Crippen LogP contribution < -0.4 is 5.32 Å². The van der Waals surface area contributed by atoms with Gasteiger partial charge in [-0.25, -0.2) is 4.79 Å². The summed E-state index contributed by atoms with van der Waals surface area (Å²) in [7, 11) is 1.33. The lowest BCUT2D eigenvalue weighted by molar-refractivity contribution is -0.153. The molecule has 1 N–H and O–H groups in total. The molecule has 3 rings (SSSR count). The molecule has 3 aliphatic rings. The molecule has 6 heteroatoms. The standard InChI is InChI=1S/C25H40N2O4/c1-16-12-20(24(30)31-5)27(15-16)23(29)22(25(2,3)4)26-21(28)14-19-9-7-6-8-18(19)13-17-10-11-17/h17-20,22H,1,6-15H2,2-5H3,(H,26,28)/t18?,19?,20-,22+/m0/s1. The number of carbonyl (C=O) groups is 3.